The summed E-state index contributed by atoms with van der Waals surface area (Å²) in [6, 6.07) is 64.4. The van der Waals surface area contributed by atoms with E-state index in [1.807, 2.05) is 0 Å². The molecule has 0 fully saturated rings. The zero-order chi connectivity index (χ0) is 32.2. The zero-order valence-electron chi connectivity index (χ0n) is 27.2. The first-order chi connectivity index (χ1) is 23.5. The van der Waals surface area contributed by atoms with Gasteiger partial charge in [0.2, 0.25) is 0 Å². The monoisotopic (exact) mass is 613 g/mol. The lowest BCUT2D eigenvalue weighted by Crippen LogP contribution is -2.16. The first-order valence-electron chi connectivity index (χ1n) is 16.8. The van der Waals surface area contributed by atoms with Gasteiger partial charge in [0.1, 0.15) is 0 Å². The Hall–Kier alpha value is -5.92. The maximum absolute atomic E-state index is 2.41. The van der Waals surface area contributed by atoms with Crippen molar-refractivity contribution in [2.75, 3.05) is 4.90 Å². The lowest BCUT2D eigenvalue weighted by atomic mass is 9.82. The summed E-state index contributed by atoms with van der Waals surface area (Å²) in [5, 5.41) is 5.02. The molecule has 1 aliphatic carbocycles. The summed E-state index contributed by atoms with van der Waals surface area (Å²) in [7, 11) is 0. The average molecular weight is 614 g/mol. The smallest absolute Gasteiger partial charge is 0.0468 e. The van der Waals surface area contributed by atoms with E-state index in [0.717, 1.165) is 17.1 Å². The molecule has 0 saturated carbocycles. The summed E-state index contributed by atoms with van der Waals surface area (Å²) in [4.78, 5) is 2.41. The van der Waals surface area contributed by atoms with E-state index in [1.54, 1.807) is 0 Å². The molecule has 228 valence electrons. The molecule has 0 radical (unpaired) electrons. The number of benzene rings is 8. The first kappa shape index (κ1) is 28.3. The number of anilines is 3. The number of hydrogen-bond acceptors (Lipinski definition) is 1. The molecule has 0 N–H and O–H groups in total. The summed E-state index contributed by atoms with van der Waals surface area (Å²) >= 11 is 0. The van der Waals surface area contributed by atoms with Gasteiger partial charge in [-0.05, 0) is 109 Å². The van der Waals surface area contributed by atoms with Gasteiger partial charge in [-0.25, -0.2) is 0 Å². The second-order valence-corrected chi connectivity index (χ2v) is 13.4. The molecule has 0 bridgehead atoms. The molecule has 9 rings (SSSR count). The minimum absolute atomic E-state index is 0.0777. The van der Waals surface area contributed by atoms with Crippen LogP contribution in [0.4, 0.5) is 17.1 Å². The summed E-state index contributed by atoms with van der Waals surface area (Å²) < 4.78 is 0. The fourth-order valence-corrected chi connectivity index (χ4v) is 7.72. The molecule has 0 amide bonds. The van der Waals surface area contributed by atoms with E-state index in [4.69, 9.17) is 0 Å². The largest absolute Gasteiger partial charge is 0.310 e. The van der Waals surface area contributed by atoms with Gasteiger partial charge in [0.15, 0.2) is 0 Å². The fourth-order valence-electron chi connectivity index (χ4n) is 7.72. The number of rotatable bonds is 5. The van der Waals surface area contributed by atoms with Crippen LogP contribution in [0.3, 0.4) is 0 Å². The van der Waals surface area contributed by atoms with Crippen molar-refractivity contribution < 1.29 is 0 Å². The third-order valence-corrected chi connectivity index (χ3v) is 10.2. The molecule has 0 aromatic heterocycles. The summed E-state index contributed by atoms with van der Waals surface area (Å²) in [6.07, 6.45) is 0. The summed E-state index contributed by atoms with van der Waals surface area (Å²) in [5.41, 5.74) is 13.7. The van der Waals surface area contributed by atoms with Gasteiger partial charge in [0.25, 0.3) is 0 Å². The molecule has 0 saturated heterocycles. The molecule has 1 nitrogen and oxygen atoms in total. The average Bonchev–Trinajstić information content (AvgIpc) is 3.38. The Morgan fingerprint density at radius 3 is 1.58 bits per heavy atom. The van der Waals surface area contributed by atoms with Crippen LogP contribution >= 0.6 is 0 Å². The molecular weight excluding hydrogens is 579 g/mol. The molecule has 8 aromatic rings. The van der Waals surface area contributed by atoms with Gasteiger partial charge >= 0.3 is 0 Å². The van der Waals surface area contributed by atoms with Crippen LogP contribution in [-0.4, -0.2) is 0 Å². The van der Waals surface area contributed by atoms with E-state index >= 15 is 0 Å². The van der Waals surface area contributed by atoms with Crippen LogP contribution < -0.4 is 4.90 Å². The van der Waals surface area contributed by atoms with Crippen molar-refractivity contribution in [3.63, 3.8) is 0 Å². The summed E-state index contributed by atoms with van der Waals surface area (Å²) in [6.45, 7) is 4.70. The molecule has 1 heteroatoms. The maximum atomic E-state index is 2.41. The third-order valence-electron chi connectivity index (χ3n) is 10.2. The highest BCUT2D eigenvalue weighted by molar-refractivity contribution is 6.09. The Kier molecular flexibility index (Phi) is 6.55. The molecule has 8 aromatic carbocycles. The predicted octanol–water partition coefficient (Wildman–Crippen LogP) is 13.1. The Labute approximate surface area is 282 Å². The van der Waals surface area contributed by atoms with Gasteiger partial charge in [0, 0.05) is 22.5 Å². The van der Waals surface area contributed by atoms with Crippen molar-refractivity contribution in [2.24, 2.45) is 0 Å². The normalized spacial score (nSPS) is 13.0. The maximum Gasteiger partial charge on any atom is 0.0468 e. The molecule has 0 spiro atoms. The van der Waals surface area contributed by atoms with Gasteiger partial charge < -0.3 is 4.90 Å². The van der Waals surface area contributed by atoms with Crippen molar-refractivity contribution in [1.82, 2.24) is 0 Å². The van der Waals surface area contributed by atoms with Crippen molar-refractivity contribution in [1.29, 1.82) is 0 Å². The van der Waals surface area contributed by atoms with Crippen LogP contribution in [0.5, 0.6) is 0 Å². The fraction of sp³-hybridized carbons (Fsp3) is 0.0638. The quantitative estimate of drug-likeness (QED) is 0.175. The van der Waals surface area contributed by atoms with E-state index in [0.29, 0.717) is 0 Å². The van der Waals surface area contributed by atoms with Gasteiger partial charge in [-0.2, -0.15) is 0 Å². The Morgan fingerprint density at radius 1 is 0.354 bits per heavy atom. The highest BCUT2D eigenvalue weighted by Gasteiger charge is 2.35. The minimum atomic E-state index is -0.0777. The van der Waals surface area contributed by atoms with Crippen molar-refractivity contribution >= 4 is 38.6 Å². The molecule has 1 aliphatic rings. The lowest BCUT2D eigenvalue weighted by Gasteiger charge is -2.28. The van der Waals surface area contributed by atoms with Crippen LogP contribution in [0, 0.1) is 0 Å². The van der Waals surface area contributed by atoms with Gasteiger partial charge in [-0.1, -0.05) is 147 Å². The molecule has 0 aliphatic heterocycles. The van der Waals surface area contributed by atoms with Gasteiger partial charge in [0.05, 0.1) is 0 Å². The molecule has 0 heterocycles. The van der Waals surface area contributed by atoms with Crippen LogP contribution in [0.25, 0.3) is 54.9 Å². The number of fused-ring (bicyclic) bond motifs is 6. The van der Waals surface area contributed by atoms with Crippen molar-refractivity contribution in [3.8, 4) is 33.4 Å². The van der Waals surface area contributed by atoms with Crippen LogP contribution in [0.1, 0.15) is 25.0 Å². The minimum Gasteiger partial charge on any atom is -0.310 e. The van der Waals surface area contributed by atoms with Crippen LogP contribution in [0.2, 0.25) is 0 Å². The van der Waals surface area contributed by atoms with E-state index in [2.05, 4.69) is 195 Å². The second kappa shape index (κ2) is 11.1. The second-order valence-electron chi connectivity index (χ2n) is 13.4. The highest BCUT2D eigenvalue weighted by atomic mass is 15.1. The zero-order valence-corrected chi connectivity index (χ0v) is 27.2. The molecular formula is C47H35N. The van der Waals surface area contributed by atoms with E-state index < -0.39 is 0 Å². The highest BCUT2D eigenvalue weighted by Crippen LogP contribution is 2.50. The topological polar surface area (TPSA) is 3.24 Å². The number of nitrogens with zero attached hydrogens (tertiary/aromatic N) is 1. The van der Waals surface area contributed by atoms with Crippen LogP contribution in [-0.2, 0) is 5.41 Å². The number of hydrogen-bond donors (Lipinski definition) is 0. The van der Waals surface area contributed by atoms with Crippen LogP contribution in [0.15, 0.2) is 176 Å². The van der Waals surface area contributed by atoms with Crippen molar-refractivity contribution in [3.05, 3.63) is 187 Å². The third kappa shape index (κ3) is 4.62. The molecule has 0 atom stereocenters. The SMILES string of the molecule is CC1(C)c2ccccc2-c2ccc(N(c3ccc(-c4ccccc4)cc3)c3ccc4c(ccc5cc(-c6ccccc6)ccc54)c3)cc21. The van der Waals surface area contributed by atoms with E-state index in [-0.39, 0.29) is 5.41 Å². The van der Waals surface area contributed by atoms with Gasteiger partial charge in [-0.15, -0.1) is 0 Å². The van der Waals surface area contributed by atoms with Crippen molar-refractivity contribution in [2.45, 2.75) is 19.3 Å². The Balaban J connectivity index is 1.18. The first-order valence-corrected chi connectivity index (χ1v) is 16.8. The molecule has 48 heavy (non-hydrogen) atoms. The molecule has 0 unspecified atom stereocenters. The van der Waals surface area contributed by atoms with E-state index in [1.165, 1.54) is 66.1 Å². The Morgan fingerprint density at radius 2 is 0.854 bits per heavy atom. The summed E-state index contributed by atoms with van der Waals surface area (Å²) in [5.74, 6) is 0. The van der Waals surface area contributed by atoms with E-state index in [9.17, 15) is 0 Å². The Bertz CT molecular complexity index is 2460. The predicted molar refractivity (Wildman–Crippen MR) is 205 cm³/mol. The lowest BCUT2D eigenvalue weighted by molar-refractivity contribution is 0.660. The van der Waals surface area contributed by atoms with Gasteiger partial charge in [-0.3, -0.25) is 0 Å². The standard InChI is InChI=1S/C47H35N/c1-47(2)45-16-10-9-15-43(45)44-28-25-40(31-46(44)47)48(38-22-19-34(20-23-38)32-11-5-3-6-12-32)39-24-27-42-37(30-39)18-17-36-29-35(21-26-41(36)42)33-13-7-4-8-14-33/h3-31H,1-2H3.